The minimum absolute atomic E-state index is 0.410. The summed E-state index contributed by atoms with van der Waals surface area (Å²) in [5, 5.41) is 1.89. The molecule has 42 heavy (non-hydrogen) atoms. The third-order valence-corrected chi connectivity index (χ3v) is 9.11. The first kappa shape index (κ1) is 28.9. The Kier molecular flexibility index (Phi) is 7.01. The van der Waals surface area contributed by atoms with Crippen molar-refractivity contribution in [2.24, 2.45) is 0 Å². The molecule has 1 aromatic heterocycles. The molecule has 3 heterocycles. The van der Waals surface area contributed by atoms with E-state index in [0.717, 1.165) is 27.3 Å². The number of hydrogen-bond acceptors (Lipinski definition) is 7. The fourth-order valence-electron chi connectivity index (χ4n) is 4.98. The van der Waals surface area contributed by atoms with E-state index in [1.54, 1.807) is 12.5 Å². The summed E-state index contributed by atoms with van der Waals surface area (Å²) in [6.45, 7) is 16.4. The SMILES string of the molecule is CC1(C)OB(c2ccc(OC(Oc3ccc(B4OC(C)(C)C(C)(C)O4)cc3)c3cccc4cocc34)cc2)OC1(C)C. The topological polar surface area (TPSA) is 68.5 Å². The maximum absolute atomic E-state index is 6.47. The van der Waals surface area contributed by atoms with E-state index in [-0.39, 0.29) is 0 Å². The second kappa shape index (κ2) is 10.2. The molecule has 3 aromatic carbocycles. The van der Waals surface area contributed by atoms with Crippen molar-refractivity contribution in [3.8, 4) is 11.5 Å². The molecule has 0 saturated carbocycles. The monoisotopic (exact) mass is 568 g/mol. The van der Waals surface area contributed by atoms with Crippen LogP contribution in [-0.4, -0.2) is 36.6 Å². The van der Waals surface area contributed by atoms with Gasteiger partial charge in [0.15, 0.2) is 0 Å². The molecular formula is C33H38B2O7. The van der Waals surface area contributed by atoms with Gasteiger partial charge in [-0.25, -0.2) is 0 Å². The smallest absolute Gasteiger partial charge is 0.471 e. The number of hydrogen-bond donors (Lipinski definition) is 0. The lowest BCUT2D eigenvalue weighted by atomic mass is 9.79. The number of rotatable bonds is 7. The Morgan fingerprint density at radius 3 is 1.40 bits per heavy atom. The van der Waals surface area contributed by atoms with E-state index >= 15 is 0 Å². The van der Waals surface area contributed by atoms with E-state index < -0.39 is 42.9 Å². The van der Waals surface area contributed by atoms with Gasteiger partial charge in [-0.05, 0) is 90.6 Å². The van der Waals surface area contributed by atoms with Crippen molar-refractivity contribution >= 4 is 35.9 Å². The lowest BCUT2D eigenvalue weighted by Gasteiger charge is -2.32. The molecule has 6 rings (SSSR count). The van der Waals surface area contributed by atoms with Crippen LogP contribution in [0, 0.1) is 0 Å². The van der Waals surface area contributed by atoms with Gasteiger partial charge in [-0.15, -0.1) is 0 Å². The van der Waals surface area contributed by atoms with Crippen molar-refractivity contribution in [2.45, 2.75) is 84.1 Å². The Labute approximate surface area is 248 Å². The van der Waals surface area contributed by atoms with E-state index in [9.17, 15) is 0 Å². The maximum Gasteiger partial charge on any atom is 0.494 e. The Balaban J connectivity index is 1.23. The predicted molar refractivity (Wildman–Crippen MR) is 165 cm³/mol. The predicted octanol–water partition coefficient (Wildman–Crippen LogP) is 6.19. The number of ether oxygens (including phenoxy) is 2. The highest BCUT2D eigenvalue weighted by Crippen LogP contribution is 2.38. The molecule has 0 radical (unpaired) electrons. The third kappa shape index (κ3) is 5.24. The lowest BCUT2D eigenvalue weighted by molar-refractivity contribution is 0.00502. The van der Waals surface area contributed by atoms with Gasteiger partial charge in [-0.2, -0.15) is 0 Å². The van der Waals surface area contributed by atoms with Crippen molar-refractivity contribution in [1.82, 2.24) is 0 Å². The molecule has 2 aliphatic heterocycles. The van der Waals surface area contributed by atoms with Crippen LogP contribution in [-0.2, 0) is 18.6 Å². The third-order valence-electron chi connectivity index (χ3n) is 9.11. The molecule has 0 unspecified atom stereocenters. The van der Waals surface area contributed by atoms with E-state index in [2.05, 4.69) is 0 Å². The molecule has 0 N–H and O–H groups in total. The van der Waals surface area contributed by atoms with Crippen LogP contribution in [0.4, 0.5) is 0 Å². The van der Waals surface area contributed by atoms with Gasteiger partial charge >= 0.3 is 14.2 Å². The molecule has 0 amide bonds. The van der Waals surface area contributed by atoms with Crippen LogP contribution in [0.5, 0.6) is 11.5 Å². The van der Waals surface area contributed by atoms with Crippen molar-refractivity contribution in [3.63, 3.8) is 0 Å². The van der Waals surface area contributed by atoms with Crippen molar-refractivity contribution in [3.05, 3.63) is 84.8 Å². The zero-order valence-corrected chi connectivity index (χ0v) is 25.6. The summed E-state index contributed by atoms with van der Waals surface area (Å²) in [5.41, 5.74) is 1.06. The van der Waals surface area contributed by atoms with Crippen LogP contribution >= 0.6 is 0 Å². The van der Waals surface area contributed by atoms with Gasteiger partial charge in [0.2, 0.25) is 0 Å². The Morgan fingerprint density at radius 2 is 0.976 bits per heavy atom. The molecule has 2 saturated heterocycles. The zero-order valence-electron chi connectivity index (χ0n) is 25.6. The van der Waals surface area contributed by atoms with Crippen LogP contribution in [0.1, 0.15) is 67.2 Å². The molecule has 9 heteroatoms. The van der Waals surface area contributed by atoms with Crippen LogP contribution in [0.15, 0.2) is 83.7 Å². The summed E-state index contributed by atoms with van der Waals surface area (Å²) in [6, 6.07) is 21.5. The molecule has 218 valence electrons. The number of benzene rings is 3. The van der Waals surface area contributed by atoms with E-state index in [4.69, 9.17) is 32.5 Å². The van der Waals surface area contributed by atoms with Gasteiger partial charge in [0.05, 0.1) is 34.9 Å². The summed E-state index contributed by atoms with van der Waals surface area (Å²) >= 11 is 0. The van der Waals surface area contributed by atoms with Crippen molar-refractivity contribution < 1.29 is 32.5 Å². The molecular weight excluding hydrogens is 530 g/mol. The second-order valence-corrected chi connectivity index (χ2v) is 13.1. The minimum atomic E-state index is -0.739. The molecule has 0 bridgehead atoms. The van der Waals surface area contributed by atoms with E-state index in [1.165, 1.54) is 0 Å². The van der Waals surface area contributed by atoms with Crippen molar-refractivity contribution in [1.29, 1.82) is 0 Å². The van der Waals surface area contributed by atoms with E-state index in [0.29, 0.717) is 11.5 Å². The molecule has 0 atom stereocenters. The maximum atomic E-state index is 6.47. The lowest BCUT2D eigenvalue weighted by Crippen LogP contribution is -2.41. The fourth-order valence-corrected chi connectivity index (χ4v) is 4.98. The highest BCUT2D eigenvalue weighted by molar-refractivity contribution is 6.62. The van der Waals surface area contributed by atoms with Gasteiger partial charge in [0, 0.05) is 16.3 Å². The Morgan fingerprint density at radius 1 is 0.548 bits per heavy atom. The van der Waals surface area contributed by atoms with Crippen LogP contribution < -0.4 is 20.4 Å². The summed E-state index contributed by atoms with van der Waals surface area (Å²) in [7, 11) is -0.892. The zero-order chi connectivity index (χ0) is 29.9. The molecule has 2 aliphatic rings. The van der Waals surface area contributed by atoms with Crippen molar-refractivity contribution in [2.75, 3.05) is 0 Å². The van der Waals surface area contributed by atoms with Gasteiger partial charge < -0.3 is 32.5 Å². The molecule has 4 aromatic rings. The Bertz CT molecular complexity index is 1440. The summed E-state index contributed by atoms with van der Waals surface area (Å²) in [4.78, 5) is 0. The molecule has 0 spiro atoms. The fraction of sp³-hybridized carbons (Fsp3) is 0.394. The standard InChI is InChI=1S/C33H38B2O7/c1-30(2)31(3,4)40-34(39-30)23-12-16-25(17-13-23)37-29(27-11-9-10-22-20-36-21-28(22)27)38-26-18-14-24(15-19-26)35-41-32(5,6)33(7,8)42-35/h9-21,29H,1-8H3. The van der Waals surface area contributed by atoms with Crippen LogP contribution in [0.25, 0.3) is 10.8 Å². The minimum Gasteiger partial charge on any atom is -0.471 e. The largest absolute Gasteiger partial charge is 0.494 e. The van der Waals surface area contributed by atoms with Gasteiger partial charge in [-0.3, -0.25) is 0 Å². The first-order valence-corrected chi connectivity index (χ1v) is 14.4. The average molecular weight is 568 g/mol. The molecule has 2 fully saturated rings. The van der Waals surface area contributed by atoms with Crippen LogP contribution in [0.3, 0.4) is 0 Å². The second-order valence-electron chi connectivity index (χ2n) is 13.1. The Hall–Kier alpha value is -3.23. The first-order valence-electron chi connectivity index (χ1n) is 14.4. The number of furan rings is 1. The number of fused-ring (bicyclic) bond motifs is 1. The first-order chi connectivity index (χ1) is 19.7. The highest BCUT2D eigenvalue weighted by Gasteiger charge is 2.52. The molecule has 7 nitrogen and oxygen atoms in total. The van der Waals surface area contributed by atoms with E-state index in [1.807, 2.05) is 122 Å². The van der Waals surface area contributed by atoms with Gasteiger partial charge in [0.25, 0.3) is 6.29 Å². The summed E-state index contributed by atoms with van der Waals surface area (Å²) in [6.07, 6.45) is 2.69. The quantitative estimate of drug-likeness (QED) is 0.195. The van der Waals surface area contributed by atoms with Crippen LogP contribution in [0.2, 0.25) is 0 Å². The highest BCUT2D eigenvalue weighted by atomic mass is 16.7. The molecule has 0 aliphatic carbocycles. The summed E-state index contributed by atoms with van der Waals surface area (Å²) in [5.74, 6) is 1.30. The normalized spacial score (nSPS) is 20.4. The van der Waals surface area contributed by atoms with Gasteiger partial charge in [-0.1, -0.05) is 42.5 Å². The van der Waals surface area contributed by atoms with Gasteiger partial charge in [0.1, 0.15) is 11.5 Å². The average Bonchev–Trinajstić information content (AvgIpc) is 3.55. The summed E-state index contributed by atoms with van der Waals surface area (Å²) < 4.78 is 43.3.